The number of rotatable bonds is 2. The molecular formula is C16H16FNO2. The third kappa shape index (κ3) is 2.23. The zero-order chi connectivity index (χ0) is 14.2. The van der Waals surface area contributed by atoms with E-state index in [-0.39, 0.29) is 5.82 Å². The summed E-state index contributed by atoms with van der Waals surface area (Å²) in [4.78, 5) is 0. The number of hydrogen-bond acceptors (Lipinski definition) is 3. The fourth-order valence-corrected chi connectivity index (χ4v) is 2.34. The molecule has 0 saturated carbocycles. The van der Waals surface area contributed by atoms with Crippen LogP contribution in [0, 0.1) is 5.82 Å². The SMILES string of the molecule is CC(N)(c1cccc(F)c1)c1ccc2c(c1)OCCO2. The van der Waals surface area contributed by atoms with E-state index in [0.29, 0.717) is 24.5 Å². The minimum atomic E-state index is -0.794. The molecule has 0 bridgehead atoms. The molecule has 0 amide bonds. The Labute approximate surface area is 117 Å². The molecule has 104 valence electrons. The highest BCUT2D eigenvalue weighted by Gasteiger charge is 2.26. The molecular weight excluding hydrogens is 257 g/mol. The molecule has 2 aromatic rings. The van der Waals surface area contributed by atoms with Gasteiger partial charge in [-0.15, -0.1) is 0 Å². The first-order valence-corrected chi connectivity index (χ1v) is 6.52. The van der Waals surface area contributed by atoms with Gasteiger partial charge in [-0.05, 0) is 42.3 Å². The molecule has 1 heterocycles. The molecule has 1 atom stereocenters. The van der Waals surface area contributed by atoms with Gasteiger partial charge in [0.15, 0.2) is 11.5 Å². The van der Waals surface area contributed by atoms with Crippen molar-refractivity contribution in [1.82, 2.24) is 0 Å². The van der Waals surface area contributed by atoms with Gasteiger partial charge in [0.05, 0.1) is 5.54 Å². The van der Waals surface area contributed by atoms with Crippen molar-refractivity contribution in [3.05, 3.63) is 59.4 Å². The van der Waals surface area contributed by atoms with Crippen molar-refractivity contribution in [2.45, 2.75) is 12.5 Å². The lowest BCUT2D eigenvalue weighted by molar-refractivity contribution is 0.171. The van der Waals surface area contributed by atoms with Crippen molar-refractivity contribution in [3.63, 3.8) is 0 Å². The van der Waals surface area contributed by atoms with E-state index < -0.39 is 5.54 Å². The molecule has 0 radical (unpaired) electrons. The summed E-state index contributed by atoms with van der Waals surface area (Å²) in [6, 6.07) is 11.9. The van der Waals surface area contributed by atoms with Gasteiger partial charge in [-0.2, -0.15) is 0 Å². The summed E-state index contributed by atoms with van der Waals surface area (Å²) < 4.78 is 24.4. The number of fused-ring (bicyclic) bond motifs is 1. The molecule has 0 fully saturated rings. The molecule has 4 heteroatoms. The lowest BCUT2D eigenvalue weighted by atomic mass is 9.85. The topological polar surface area (TPSA) is 44.5 Å². The predicted octanol–water partition coefficient (Wildman–Crippen LogP) is 2.82. The summed E-state index contributed by atoms with van der Waals surface area (Å²) in [5, 5.41) is 0. The Kier molecular flexibility index (Phi) is 3.10. The summed E-state index contributed by atoms with van der Waals surface area (Å²) >= 11 is 0. The van der Waals surface area contributed by atoms with Crippen molar-refractivity contribution in [2.24, 2.45) is 5.73 Å². The number of halogens is 1. The normalized spacial score (nSPS) is 16.6. The van der Waals surface area contributed by atoms with Crippen LogP contribution in [0.2, 0.25) is 0 Å². The molecule has 2 N–H and O–H groups in total. The molecule has 0 aliphatic carbocycles. The summed E-state index contributed by atoms with van der Waals surface area (Å²) in [6.07, 6.45) is 0. The van der Waals surface area contributed by atoms with Crippen molar-refractivity contribution >= 4 is 0 Å². The Morgan fingerprint density at radius 2 is 1.70 bits per heavy atom. The third-order valence-electron chi connectivity index (χ3n) is 3.57. The fraction of sp³-hybridized carbons (Fsp3) is 0.250. The second-order valence-electron chi connectivity index (χ2n) is 5.07. The second-order valence-corrected chi connectivity index (χ2v) is 5.07. The van der Waals surface area contributed by atoms with Crippen LogP contribution in [0.5, 0.6) is 11.5 Å². The molecule has 0 aromatic heterocycles. The van der Waals surface area contributed by atoms with Gasteiger partial charge in [0.25, 0.3) is 0 Å². The molecule has 2 aromatic carbocycles. The molecule has 1 aliphatic rings. The minimum absolute atomic E-state index is 0.295. The molecule has 3 nitrogen and oxygen atoms in total. The van der Waals surface area contributed by atoms with Crippen LogP contribution in [0.25, 0.3) is 0 Å². The zero-order valence-corrected chi connectivity index (χ0v) is 11.2. The Morgan fingerprint density at radius 1 is 1.00 bits per heavy atom. The number of hydrogen-bond donors (Lipinski definition) is 1. The molecule has 20 heavy (non-hydrogen) atoms. The van der Waals surface area contributed by atoms with Crippen molar-refractivity contribution in [3.8, 4) is 11.5 Å². The highest BCUT2D eigenvalue weighted by Crippen LogP contribution is 2.35. The number of nitrogens with two attached hydrogens (primary N) is 1. The van der Waals surface area contributed by atoms with Crippen LogP contribution in [0.4, 0.5) is 4.39 Å². The van der Waals surface area contributed by atoms with E-state index in [1.54, 1.807) is 6.07 Å². The van der Waals surface area contributed by atoms with Crippen LogP contribution in [0.1, 0.15) is 18.1 Å². The highest BCUT2D eigenvalue weighted by molar-refractivity contribution is 5.48. The van der Waals surface area contributed by atoms with Crippen LogP contribution in [-0.2, 0) is 5.54 Å². The second kappa shape index (κ2) is 4.80. The average molecular weight is 273 g/mol. The Balaban J connectivity index is 2.02. The predicted molar refractivity (Wildman–Crippen MR) is 74.5 cm³/mol. The van der Waals surface area contributed by atoms with Gasteiger partial charge in [0.1, 0.15) is 19.0 Å². The van der Waals surface area contributed by atoms with Gasteiger partial charge in [0, 0.05) is 0 Å². The largest absolute Gasteiger partial charge is 0.486 e. The first-order valence-electron chi connectivity index (χ1n) is 6.52. The first-order chi connectivity index (χ1) is 9.57. The third-order valence-corrected chi connectivity index (χ3v) is 3.57. The Morgan fingerprint density at radius 3 is 2.45 bits per heavy atom. The molecule has 1 unspecified atom stereocenters. The van der Waals surface area contributed by atoms with Crippen LogP contribution in [-0.4, -0.2) is 13.2 Å². The van der Waals surface area contributed by atoms with Crippen LogP contribution >= 0.6 is 0 Å². The van der Waals surface area contributed by atoms with Gasteiger partial charge in [-0.25, -0.2) is 4.39 Å². The minimum Gasteiger partial charge on any atom is -0.486 e. The van der Waals surface area contributed by atoms with E-state index in [0.717, 1.165) is 11.3 Å². The molecule has 0 spiro atoms. The van der Waals surface area contributed by atoms with E-state index in [9.17, 15) is 4.39 Å². The Bertz CT molecular complexity index is 640. The van der Waals surface area contributed by atoms with Gasteiger partial charge >= 0.3 is 0 Å². The van der Waals surface area contributed by atoms with E-state index >= 15 is 0 Å². The summed E-state index contributed by atoms with van der Waals surface area (Å²) in [5.41, 5.74) is 7.18. The molecule has 1 aliphatic heterocycles. The summed E-state index contributed by atoms with van der Waals surface area (Å²) in [6.45, 7) is 2.93. The van der Waals surface area contributed by atoms with Crippen LogP contribution in [0.3, 0.4) is 0 Å². The maximum absolute atomic E-state index is 13.4. The van der Waals surface area contributed by atoms with E-state index in [2.05, 4.69) is 0 Å². The maximum Gasteiger partial charge on any atom is 0.161 e. The molecule has 0 saturated heterocycles. The smallest absolute Gasteiger partial charge is 0.161 e. The standard InChI is InChI=1S/C16H16FNO2/c1-16(18,11-3-2-4-13(17)9-11)12-5-6-14-15(10-12)20-8-7-19-14/h2-6,9-10H,7-8,18H2,1H3. The van der Waals surface area contributed by atoms with Gasteiger partial charge in [-0.1, -0.05) is 18.2 Å². The van der Waals surface area contributed by atoms with Crippen LogP contribution < -0.4 is 15.2 Å². The van der Waals surface area contributed by atoms with Crippen molar-refractivity contribution < 1.29 is 13.9 Å². The molecule has 3 rings (SSSR count). The van der Waals surface area contributed by atoms with Gasteiger partial charge < -0.3 is 15.2 Å². The number of benzene rings is 2. The number of ether oxygens (including phenoxy) is 2. The summed E-state index contributed by atoms with van der Waals surface area (Å²) in [7, 11) is 0. The van der Waals surface area contributed by atoms with Gasteiger partial charge in [-0.3, -0.25) is 0 Å². The zero-order valence-electron chi connectivity index (χ0n) is 11.2. The lowest BCUT2D eigenvalue weighted by Gasteiger charge is -2.28. The lowest BCUT2D eigenvalue weighted by Crippen LogP contribution is -2.34. The van der Waals surface area contributed by atoms with Crippen molar-refractivity contribution in [1.29, 1.82) is 0 Å². The van der Waals surface area contributed by atoms with E-state index in [1.165, 1.54) is 12.1 Å². The van der Waals surface area contributed by atoms with Gasteiger partial charge in [0.2, 0.25) is 0 Å². The first kappa shape index (κ1) is 12.9. The monoisotopic (exact) mass is 273 g/mol. The fourth-order valence-electron chi connectivity index (χ4n) is 2.34. The van der Waals surface area contributed by atoms with E-state index in [1.807, 2.05) is 31.2 Å². The maximum atomic E-state index is 13.4. The quantitative estimate of drug-likeness (QED) is 0.915. The average Bonchev–Trinajstić information content (AvgIpc) is 2.46. The Hall–Kier alpha value is -2.07. The van der Waals surface area contributed by atoms with Crippen molar-refractivity contribution in [2.75, 3.05) is 13.2 Å². The van der Waals surface area contributed by atoms with Crippen LogP contribution in [0.15, 0.2) is 42.5 Å². The summed E-state index contributed by atoms with van der Waals surface area (Å²) in [5.74, 6) is 1.11. The van der Waals surface area contributed by atoms with E-state index in [4.69, 9.17) is 15.2 Å². The highest BCUT2D eigenvalue weighted by atomic mass is 19.1.